The van der Waals surface area contributed by atoms with Crippen molar-refractivity contribution in [1.82, 2.24) is 10.2 Å². The summed E-state index contributed by atoms with van der Waals surface area (Å²) < 4.78 is 0. The van der Waals surface area contributed by atoms with E-state index in [1.165, 1.54) is 12.8 Å². The highest BCUT2D eigenvalue weighted by atomic mass is 15.2. The van der Waals surface area contributed by atoms with Gasteiger partial charge >= 0.3 is 0 Å². The molecule has 2 atom stereocenters. The zero-order valence-electron chi connectivity index (χ0n) is 10.9. The van der Waals surface area contributed by atoms with Crippen molar-refractivity contribution >= 4 is 0 Å². The lowest BCUT2D eigenvalue weighted by Crippen LogP contribution is -2.58. The Labute approximate surface area is 90.1 Å². The Hall–Kier alpha value is -0.0800. The second-order valence-electron chi connectivity index (χ2n) is 4.13. The minimum atomic E-state index is 0.299. The Morgan fingerprint density at radius 2 is 1.64 bits per heavy atom. The van der Waals surface area contributed by atoms with E-state index in [-0.39, 0.29) is 0 Å². The van der Waals surface area contributed by atoms with Crippen LogP contribution in [0, 0.1) is 0 Å². The van der Waals surface area contributed by atoms with Crippen LogP contribution in [0.5, 0.6) is 0 Å². The smallest absolute Gasteiger partial charge is 0.0331 e. The monoisotopic (exact) mass is 200 g/mol. The summed E-state index contributed by atoms with van der Waals surface area (Å²) in [5.74, 6) is 0. The van der Waals surface area contributed by atoms with Gasteiger partial charge in [0.2, 0.25) is 0 Å². The average Bonchev–Trinajstić information content (AvgIpc) is 2.21. The molecular formula is C12H28N2. The number of nitrogens with one attached hydrogen (secondary N) is 1. The predicted molar refractivity (Wildman–Crippen MR) is 64.8 cm³/mol. The Balaban J connectivity index is 4.72. The molecule has 0 heterocycles. The van der Waals surface area contributed by atoms with Gasteiger partial charge in [-0.05, 0) is 39.9 Å². The van der Waals surface area contributed by atoms with Gasteiger partial charge in [0.05, 0.1) is 0 Å². The number of likely N-dealkylation sites (N-methyl/N-ethyl adjacent to an activating group) is 2. The summed E-state index contributed by atoms with van der Waals surface area (Å²) in [7, 11) is 2.07. The third-order valence-electron chi connectivity index (χ3n) is 3.71. The zero-order chi connectivity index (χ0) is 11.2. The minimum absolute atomic E-state index is 0.299. The molecule has 0 spiro atoms. The molecule has 0 aromatic carbocycles. The molecule has 1 N–H and O–H groups in total. The summed E-state index contributed by atoms with van der Waals surface area (Å²) in [5, 5.41) is 3.45. The van der Waals surface area contributed by atoms with E-state index in [0.717, 1.165) is 13.1 Å². The first-order valence-electron chi connectivity index (χ1n) is 6.02. The van der Waals surface area contributed by atoms with Crippen LogP contribution in [-0.4, -0.2) is 36.6 Å². The number of rotatable bonds is 7. The largest absolute Gasteiger partial charge is 0.315 e. The standard InChI is InChI=1S/C12H28N2/c1-7-11(13-6)12(5,8-2)14(9-3)10-4/h11,13H,7-10H2,1-6H3. The van der Waals surface area contributed by atoms with Gasteiger partial charge in [-0.25, -0.2) is 0 Å². The fourth-order valence-electron chi connectivity index (χ4n) is 2.59. The fraction of sp³-hybridized carbons (Fsp3) is 1.00. The van der Waals surface area contributed by atoms with Crippen LogP contribution in [0.1, 0.15) is 47.5 Å². The van der Waals surface area contributed by atoms with Gasteiger partial charge in [-0.2, -0.15) is 0 Å². The zero-order valence-corrected chi connectivity index (χ0v) is 10.9. The molecule has 0 rings (SSSR count). The highest BCUT2D eigenvalue weighted by Crippen LogP contribution is 2.25. The molecule has 0 aliphatic heterocycles. The lowest BCUT2D eigenvalue weighted by Gasteiger charge is -2.45. The van der Waals surface area contributed by atoms with Crippen molar-refractivity contribution < 1.29 is 0 Å². The van der Waals surface area contributed by atoms with Crippen LogP contribution in [0.2, 0.25) is 0 Å². The molecule has 2 unspecified atom stereocenters. The summed E-state index contributed by atoms with van der Waals surface area (Å²) in [6.07, 6.45) is 2.39. The molecule has 0 amide bonds. The molecule has 2 heteroatoms. The van der Waals surface area contributed by atoms with Crippen molar-refractivity contribution in [2.24, 2.45) is 0 Å². The number of hydrogen-bond donors (Lipinski definition) is 1. The summed E-state index contributed by atoms with van der Waals surface area (Å²) in [6.45, 7) is 13.7. The predicted octanol–water partition coefficient (Wildman–Crippen LogP) is 2.49. The Morgan fingerprint density at radius 1 is 1.14 bits per heavy atom. The maximum atomic E-state index is 3.45. The molecule has 86 valence electrons. The van der Waals surface area contributed by atoms with Crippen molar-refractivity contribution in [3.05, 3.63) is 0 Å². The SMILES string of the molecule is CCC(NC)C(C)(CC)N(CC)CC. The molecule has 14 heavy (non-hydrogen) atoms. The van der Waals surface area contributed by atoms with E-state index in [2.05, 4.69) is 51.9 Å². The van der Waals surface area contributed by atoms with Gasteiger partial charge < -0.3 is 5.32 Å². The normalized spacial score (nSPS) is 18.2. The Bertz CT molecular complexity index is 125. The molecule has 0 aromatic heterocycles. The number of hydrogen-bond acceptors (Lipinski definition) is 2. The fourth-order valence-corrected chi connectivity index (χ4v) is 2.59. The van der Waals surface area contributed by atoms with Gasteiger partial charge in [-0.1, -0.05) is 27.7 Å². The topological polar surface area (TPSA) is 15.3 Å². The minimum Gasteiger partial charge on any atom is -0.315 e. The van der Waals surface area contributed by atoms with Crippen molar-refractivity contribution in [1.29, 1.82) is 0 Å². The van der Waals surface area contributed by atoms with E-state index in [4.69, 9.17) is 0 Å². The van der Waals surface area contributed by atoms with Gasteiger partial charge in [0, 0.05) is 11.6 Å². The van der Waals surface area contributed by atoms with Crippen LogP contribution in [-0.2, 0) is 0 Å². The second-order valence-corrected chi connectivity index (χ2v) is 4.13. The van der Waals surface area contributed by atoms with E-state index in [1.807, 2.05) is 0 Å². The Morgan fingerprint density at radius 3 is 1.86 bits per heavy atom. The highest BCUT2D eigenvalue weighted by molar-refractivity contribution is 4.94. The molecule has 2 nitrogen and oxygen atoms in total. The van der Waals surface area contributed by atoms with Crippen LogP contribution in [0.15, 0.2) is 0 Å². The van der Waals surface area contributed by atoms with Crippen LogP contribution >= 0.6 is 0 Å². The van der Waals surface area contributed by atoms with E-state index < -0.39 is 0 Å². The quantitative estimate of drug-likeness (QED) is 0.679. The van der Waals surface area contributed by atoms with Crippen LogP contribution in [0.25, 0.3) is 0 Å². The van der Waals surface area contributed by atoms with E-state index >= 15 is 0 Å². The van der Waals surface area contributed by atoms with Crippen LogP contribution < -0.4 is 5.32 Å². The van der Waals surface area contributed by atoms with Crippen LogP contribution in [0.3, 0.4) is 0 Å². The molecule has 0 saturated carbocycles. The van der Waals surface area contributed by atoms with Crippen molar-refractivity contribution in [2.75, 3.05) is 20.1 Å². The van der Waals surface area contributed by atoms with Crippen LogP contribution in [0.4, 0.5) is 0 Å². The first-order chi connectivity index (χ1) is 6.60. The van der Waals surface area contributed by atoms with E-state index in [9.17, 15) is 0 Å². The third-order valence-corrected chi connectivity index (χ3v) is 3.71. The molecule has 0 saturated heterocycles. The van der Waals surface area contributed by atoms with Gasteiger partial charge in [0.25, 0.3) is 0 Å². The third kappa shape index (κ3) is 2.71. The highest BCUT2D eigenvalue weighted by Gasteiger charge is 2.34. The summed E-state index contributed by atoms with van der Waals surface area (Å²) in [5.41, 5.74) is 0.299. The van der Waals surface area contributed by atoms with E-state index in [0.29, 0.717) is 11.6 Å². The molecule has 0 bridgehead atoms. The van der Waals surface area contributed by atoms with Gasteiger partial charge in [-0.3, -0.25) is 4.90 Å². The molecular weight excluding hydrogens is 172 g/mol. The number of nitrogens with zero attached hydrogens (tertiary/aromatic N) is 1. The lowest BCUT2D eigenvalue weighted by molar-refractivity contribution is 0.0715. The first kappa shape index (κ1) is 13.9. The van der Waals surface area contributed by atoms with Gasteiger partial charge in [0.1, 0.15) is 0 Å². The van der Waals surface area contributed by atoms with Gasteiger partial charge in [0.15, 0.2) is 0 Å². The summed E-state index contributed by atoms with van der Waals surface area (Å²) in [4.78, 5) is 2.57. The molecule has 0 aliphatic rings. The maximum Gasteiger partial charge on any atom is 0.0331 e. The van der Waals surface area contributed by atoms with Crippen molar-refractivity contribution in [2.45, 2.75) is 59.0 Å². The Kier molecular flexibility index (Phi) is 6.38. The summed E-state index contributed by atoms with van der Waals surface area (Å²) in [6, 6.07) is 0.590. The maximum absolute atomic E-state index is 3.45. The van der Waals surface area contributed by atoms with Crippen molar-refractivity contribution in [3.8, 4) is 0 Å². The first-order valence-corrected chi connectivity index (χ1v) is 6.02. The molecule has 0 aromatic rings. The molecule has 0 fully saturated rings. The average molecular weight is 200 g/mol. The van der Waals surface area contributed by atoms with Crippen molar-refractivity contribution in [3.63, 3.8) is 0 Å². The van der Waals surface area contributed by atoms with Gasteiger partial charge in [-0.15, -0.1) is 0 Å². The second kappa shape index (κ2) is 6.41. The molecule has 0 aliphatic carbocycles. The lowest BCUT2D eigenvalue weighted by atomic mass is 9.85. The molecule has 0 radical (unpaired) electrons. The van der Waals surface area contributed by atoms with E-state index in [1.54, 1.807) is 0 Å². The summed E-state index contributed by atoms with van der Waals surface area (Å²) >= 11 is 0.